The van der Waals surface area contributed by atoms with Crippen LogP contribution in [0.15, 0.2) is 30.5 Å². The largest absolute Gasteiger partial charge is 0.401 e. The minimum atomic E-state index is -3.64. The highest BCUT2D eigenvalue weighted by Crippen LogP contribution is 2.38. The number of rotatable bonds is 9. The van der Waals surface area contributed by atoms with Crippen LogP contribution in [0.2, 0.25) is 0 Å². The smallest absolute Gasteiger partial charge is 0.292 e. The van der Waals surface area contributed by atoms with E-state index in [1.165, 1.54) is 6.07 Å². The molecule has 0 spiro atoms. The summed E-state index contributed by atoms with van der Waals surface area (Å²) in [4.78, 5) is 12.5. The average Bonchev–Trinajstić information content (AvgIpc) is 3.03. The number of amides is 1. The standard InChI is InChI=1S/C20H26F3N5O2/c1-5-16-12(3)17(28-27-16)18(29)26-13-6-7-15(21)14(8-13)19(4,25)20(22,23)10-30-9-11(2)24/h6-8H,2,5,9-10,24-25H2,1,3-4H3,(H,26,29)(H,27,28)/t19-/m1/s1. The van der Waals surface area contributed by atoms with Crippen LogP contribution in [0.4, 0.5) is 18.9 Å². The Labute approximate surface area is 172 Å². The maximum Gasteiger partial charge on any atom is 0.292 e. The molecule has 7 nitrogen and oxygen atoms in total. The maximum atomic E-state index is 14.7. The molecule has 0 bridgehead atoms. The quantitative estimate of drug-likeness (QED) is 0.493. The lowest BCUT2D eigenvalue weighted by molar-refractivity contribution is -0.124. The molecule has 1 aromatic carbocycles. The zero-order valence-electron chi connectivity index (χ0n) is 17.1. The Morgan fingerprint density at radius 3 is 2.63 bits per heavy atom. The van der Waals surface area contributed by atoms with Crippen molar-refractivity contribution in [3.63, 3.8) is 0 Å². The maximum absolute atomic E-state index is 14.7. The predicted molar refractivity (Wildman–Crippen MR) is 108 cm³/mol. The van der Waals surface area contributed by atoms with Crippen LogP contribution in [0.25, 0.3) is 0 Å². The van der Waals surface area contributed by atoms with Crippen molar-refractivity contribution < 1.29 is 22.7 Å². The van der Waals surface area contributed by atoms with E-state index < -0.39 is 35.4 Å². The highest BCUT2D eigenvalue weighted by Gasteiger charge is 2.50. The zero-order valence-corrected chi connectivity index (χ0v) is 17.1. The summed E-state index contributed by atoms with van der Waals surface area (Å²) in [6.07, 6.45) is 0.635. The van der Waals surface area contributed by atoms with Crippen LogP contribution >= 0.6 is 0 Å². The van der Waals surface area contributed by atoms with Crippen LogP contribution in [0.3, 0.4) is 0 Å². The molecule has 10 heteroatoms. The number of aromatic nitrogens is 2. The number of carbonyl (C=O) groups excluding carboxylic acids is 1. The first kappa shape index (κ1) is 23.4. The summed E-state index contributed by atoms with van der Waals surface area (Å²) in [6, 6.07) is 3.30. The predicted octanol–water partition coefficient (Wildman–Crippen LogP) is 2.97. The third-order valence-corrected chi connectivity index (χ3v) is 4.79. The Balaban J connectivity index is 2.27. The fourth-order valence-electron chi connectivity index (χ4n) is 2.85. The zero-order chi connectivity index (χ0) is 22.7. The summed E-state index contributed by atoms with van der Waals surface area (Å²) >= 11 is 0. The van der Waals surface area contributed by atoms with E-state index in [1.807, 2.05) is 6.92 Å². The summed E-state index contributed by atoms with van der Waals surface area (Å²) < 4.78 is 48.6. The van der Waals surface area contributed by atoms with E-state index in [-0.39, 0.29) is 23.7 Å². The number of ether oxygens (including phenoxy) is 1. The van der Waals surface area contributed by atoms with Gasteiger partial charge in [0.25, 0.3) is 11.8 Å². The van der Waals surface area contributed by atoms with Gasteiger partial charge in [0.05, 0.1) is 12.3 Å². The number of aryl methyl sites for hydroxylation is 1. The highest BCUT2D eigenvalue weighted by molar-refractivity contribution is 6.04. The molecule has 1 heterocycles. The molecule has 0 aliphatic carbocycles. The van der Waals surface area contributed by atoms with Crippen LogP contribution in [-0.4, -0.2) is 35.2 Å². The second-order valence-electron chi connectivity index (χ2n) is 7.23. The van der Waals surface area contributed by atoms with Crippen LogP contribution < -0.4 is 16.8 Å². The van der Waals surface area contributed by atoms with Crippen LogP contribution in [0.5, 0.6) is 0 Å². The molecule has 0 saturated carbocycles. The average molecular weight is 425 g/mol. The molecule has 0 unspecified atom stereocenters. The number of benzene rings is 1. The Kier molecular flexibility index (Phi) is 6.94. The van der Waals surface area contributed by atoms with Gasteiger partial charge in [-0.3, -0.25) is 9.89 Å². The third-order valence-electron chi connectivity index (χ3n) is 4.79. The second kappa shape index (κ2) is 8.88. The topological polar surface area (TPSA) is 119 Å². The first-order valence-corrected chi connectivity index (χ1v) is 9.23. The van der Waals surface area contributed by atoms with Gasteiger partial charge in [0.1, 0.15) is 23.7 Å². The fourth-order valence-corrected chi connectivity index (χ4v) is 2.85. The lowest BCUT2D eigenvalue weighted by atomic mass is 9.86. The number of nitrogens with zero attached hydrogens (tertiary/aromatic N) is 1. The number of aromatic amines is 1. The monoisotopic (exact) mass is 425 g/mol. The molecule has 1 aromatic heterocycles. The molecule has 30 heavy (non-hydrogen) atoms. The van der Waals surface area contributed by atoms with Gasteiger partial charge in [-0.1, -0.05) is 13.5 Å². The van der Waals surface area contributed by atoms with Gasteiger partial charge in [-0.15, -0.1) is 0 Å². The van der Waals surface area contributed by atoms with Crippen molar-refractivity contribution in [2.75, 3.05) is 18.5 Å². The van der Waals surface area contributed by atoms with Crippen LogP contribution in [0.1, 0.15) is 41.2 Å². The summed E-state index contributed by atoms with van der Waals surface area (Å²) in [7, 11) is 0. The minimum absolute atomic E-state index is 0.0701. The van der Waals surface area contributed by atoms with Gasteiger partial charge in [0, 0.05) is 22.5 Å². The lowest BCUT2D eigenvalue weighted by Crippen LogP contribution is -2.53. The fraction of sp³-hybridized carbons (Fsp3) is 0.400. The number of alkyl halides is 2. The SMILES string of the molecule is C=C(N)COCC(F)(F)[C@](C)(N)c1cc(NC(=O)c2[nH]nc(CC)c2C)ccc1F. The van der Waals surface area contributed by atoms with Crippen molar-refractivity contribution in [2.24, 2.45) is 11.5 Å². The Morgan fingerprint density at radius 2 is 2.07 bits per heavy atom. The minimum Gasteiger partial charge on any atom is -0.401 e. The number of anilines is 1. The van der Waals surface area contributed by atoms with Crippen molar-refractivity contribution in [1.82, 2.24) is 10.2 Å². The van der Waals surface area contributed by atoms with Gasteiger partial charge in [-0.2, -0.15) is 5.10 Å². The molecule has 1 amide bonds. The van der Waals surface area contributed by atoms with Crippen LogP contribution in [0, 0.1) is 12.7 Å². The van der Waals surface area contributed by atoms with Gasteiger partial charge in [0.2, 0.25) is 0 Å². The lowest BCUT2D eigenvalue weighted by Gasteiger charge is -2.34. The van der Waals surface area contributed by atoms with Crippen molar-refractivity contribution in [3.05, 3.63) is 58.8 Å². The number of hydrogen-bond acceptors (Lipinski definition) is 5. The first-order valence-electron chi connectivity index (χ1n) is 9.23. The molecule has 0 fully saturated rings. The highest BCUT2D eigenvalue weighted by atomic mass is 19.3. The van der Waals surface area contributed by atoms with Crippen LogP contribution in [-0.2, 0) is 16.7 Å². The first-order chi connectivity index (χ1) is 13.9. The molecular formula is C20H26F3N5O2. The van der Waals surface area contributed by atoms with E-state index in [2.05, 4.69) is 22.1 Å². The van der Waals surface area contributed by atoms with Gasteiger partial charge in [0.15, 0.2) is 0 Å². The molecule has 164 valence electrons. The van der Waals surface area contributed by atoms with Crippen molar-refractivity contribution in [1.29, 1.82) is 0 Å². The van der Waals surface area contributed by atoms with E-state index in [0.29, 0.717) is 12.0 Å². The molecule has 2 rings (SSSR count). The molecule has 0 saturated heterocycles. The molecule has 0 aliphatic rings. The molecule has 0 radical (unpaired) electrons. The number of carbonyl (C=O) groups is 1. The number of nitrogens with two attached hydrogens (primary N) is 2. The summed E-state index contributed by atoms with van der Waals surface area (Å²) in [5, 5.41) is 9.24. The van der Waals surface area contributed by atoms with E-state index in [1.54, 1.807) is 6.92 Å². The summed E-state index contributed by atoms with van der Waals surface area (Å²) in [5.74, 6) is -5.11. The van der Waals surface area contributed by atoms with Crippen molar-refractivity contribution in [2.45, 2.75) is 38.7 Å². The van der Waals surface area contributed by atoms with Gasteiger partial charge >= 0.3 is 0 Å². The van der Waals surface area contributed by atoms with Crippen molar-refractivity contribution >= 4 is 11.6 Å². The number of H-pyrrole nitrogens is 1. The Bertz CT molecular complexity index is 941. The van der Waals surface area contributed by atoms with E-state index in [4.69, 9.17) is 16.2 Å². The van der Waals surface area contributed by atoms with Gasteiger partial charge in [-0.25, -0.2) is 13.2 Å². The number of hydrogen-bond donors (Lipinski definition) is 4. The summed E-state index contributed by atoms with van der Waals surface area (Å²) in [6.45, 7) is 6.61. The molecule has 2 aromatic rings. The Morgan fingerprint density at radius 1 is 1.40 bits per heavy atom. The normalized spacial score (nSPS) is 13.7. The van der Waals surface area contributed by atoms with Gasteiger partial charge in [-0.05, 0) is 38.5 Å². The van der Waals surface area contributed by atoms with Crippen molar-refractivity contribution in [3.8, 4) is 0 Å². The molecule has 1 atom stereocenters. The molecular weight excluding hydrogens is 399 g/mol. The number of halogens is 3. The second-order valence-corrected chi connectivity index (χ2v) is 7.23. The van der Waals surface area contributed by atoms with Gasteiger partial charge < -0.3 is 21.5 Å². The Hall–Kier alpha value is -2.85. The molecule has 0 aliphatic heterocycles. The number of nitrogens with one attached hydrogen (secondary N) is 2. The summed E-state index contributed by atoms with van der Waals surface area (Å²) in [5.41, 5.74) is 10.0. The van der Waals surface area contributed by atoms with E-state index >= 15 is 0 Å². The van der Waals surface area contributed by atoms with E-state index in [9.17, 15) is 18.0 Å². The van der Waals surface area contributed by atoms with E-state index in [0.717, 1.165) is 24.8 Å². The third kappa shape index (κ3) is 4.82. The molecule has 6 N–H and O–H groups in total.